The Morgan fingerprint density at radius 1 is 1.67 bits per heavy atom. The molecule has 0 aliphatic heterocycles. The van der Waals surface area contributed by atoms with Gasteiger partial charge in [0.2, 0.25) is 5.91 Å². The zero-order valence-electron chi connectivity index (χ0n) is 10.8. The maximum Gasteiger partial charge on any atom is 0.237 e. The van der Waals surface area contributed by atoms with Crippen LogP contribution in [0.15, 0.2) is 12.7 Å². The molecule has 0 aromatic carbocycles. The molecule has 18 heavy (non-hydrogen) atoms. The number of primary amides is 1. The smallest absolute Gasteiger partial charge is 0.237 e. The molecule has 6 nitrogen and oxygen atoms in total. The van der Waals surface area contributed by atoms with Crippen molar-refractivity contribution in [1.29, 1.82) is 0 Å². The SMILES string of the molecule is CCCNC1(C(N)=O)CCCC(n2cncn2)C1. The van der Waals surface area contributed by atoms with Crippen LogP contribution < -0.4 is 11.1 Å². The number of aromatic nitrogens is 3. The van der Waals surface area contributed by atoms with Crippen molar-refractivity contribution >= 4 is 5.91 Å². The topological polar surface area (TPSA) is 85.8 Å². The van der Waals surface area contributed by atoms with E-state index in [-0.39, 0.29) is 11.9 Å². The van der Waals surface area contributed by atoms with Crippen LogP contribution in [0, 0.1) is 0 Å². The molecular weight excluding hydrogens is 230 g/mol. The average Bonchev–Trinajstić information content (AvgIpc) is 2.90. The number of amides is 1. The molecule has 1 saturated carbocycles. The average molecular weight is 251 g/mol. The van der Waals surface area contributed by atoms with Crippen molar-refractivity contribution in [3.63, 3.8) is 0 Å². The third kappa shape index (κ3) is 2.53. The minimum Gasteiger partial charge on any atom is -0.368 e. The van der Waals surface area contributed by atoms with Gasteiger partial charge < -0.3 is 11.1 Å². The third-order valence-electron chi connectivity index (χ3n) is 3.72. The Balaban J connectivity index is 2.13. The summed E-state index contributed by atoms with van der Waals surface area (Å²) in [6, 6.07) is 0.207. The van der Waals surface area contributed by atoms with Gasteiger partial charge in [-0.25, -0.2) is 9.67 Å². The Kier molecular flexibility index (Phi) is 3.96. The number of carbonyl (C=O) groups is 1. The first kappa shape index (κ1) is 13.0. The van der Waals surface area contributed by atoms with Gasteiger partial charge in [0.05, 0.1) is 11.6 Å². The normalized spacial score (nSPS) is 28.2. The fraction of sp³-hybridized carbons (Fsp3) is 0.750. The van der Waals surface area contributed by atoms with E-state index >= 15 is 0 Å². The van der Waals surface area contributed by atoms with Crippen LogP contribution in [0.5, 0.6) is 0 Å². The standard InChI is InChI=1S/C12H21N5O/c1-2-6-15-12(11(13)18)5-3-4-10(7-12)17-9-14-8-16-17/h8-10,15H,2-7H2,1H3,(H2,13,18). The molecular formula is C12H21N5O. The fourth-order valence-electron chi connectivity index (χ4n) is 2.71. The van der Waals surface area contributed by atoms with E-state index in [1.54, 1.807) is 6.33 Å². The molecule has 1 aromatic heterocycles. The number of hydrogen-bond donors (Lipinski definition) is 2. The first-order chi connectivity index (χ1) is 8.68. The molecule has 1 heterocycles. The molecule has 2 unspecified atom stereocenters. The molecule has 0 radical (unpaired) electrons. The predicted octanol–water partition coefficient (Wildman–Crippen LogP) is 0.617. The summed E-state index contributed by atoms with van der Waals surface area (Å²) in [5.41, 5.74) is 5.03. The Hall–Kier alpha value is -1.43. The quantitative estimate of drug-likeness (QED) is 0.803. The molecule has 1 aliphatic carbocycles. The molecule has 100 valence electrons. The van der Waals surface area contributed by atoms with E-state index in [4.69, 9.17) is 5.73 Å². The minimum absolute atomic E-state index is 0.207. The summed E-state index contributed by atoms with van der Waals surface area (Å²) in [5, 5.41) is 7.51. The molecule has 1 fully saturated rings. The van der Waals surface area contributed by atoms with Gasteiger partial charge in [-0.1, -0.05) is 6.92 Å². The summed E-state index contributed by atoms with van der Waals surface area (Å²) in [7, 11) is 0. The van der Waals surface area contributed by atoms with Crippen LogP contribution in [0.1, 0.15) is 45.1 Å². The van der Waals surface area contributed by atoms with Crippen LogP contribution in [-0.2, 0) is 4.79 Å². The van der Waals surface area contributed by atoms with E-state index in [2.05, 4.69) is 22.3 Å². The Morgan fingerprint density at radius 2 is 2.50 bits per heavy atom. The van der Waals surface area contributed by atoms with Gasteiger partial charge in [0.1, 0.15) is 12.7 Å². The largest absolute Gasteiger partial charge is 0.368 e. The maximum absolute atomic E-state index is 11.8. The van der Waals surface area contributed by atoms with Crippen molar-refractivity contribution in [2.75, 3.05) is 6.54 Å². The van der Waals surface area contributed by atoms with E-state index in [0.717, 1.165) is 32.2 Å². The lowest BCUT2D eigenvalue weighted by Gasteiger charge is -2.39. The van der Waals surface area contributed by atoms with Crippen LogP contribution in [0.25, 0.3) is 0 Å². The lowest BCUT2D eigenvalue weighted by atomic mass is 9.78. The van der Waals surface area contributed by atoms with Gasteiger partial charge in [-0.3, -0.25) is 4.79 Å². The van der Waals surface area contributed by atoms with E-state index < -0.39 is 5.54 Å². The summed E-state index contributed by atoms with van der Waals surface area (Å²) in [6.07, 6.45) is 7.74. The highest BCUT2D eigenvalue weighted by molar-refractivity contribution is 5.84. The van der Waals surface area contributed by atoms with Gasteiger partial charge in [0.25, 0.3) is 0 Å². The first-order valence-corrected chi connectivity index (χ1v) is 6.57. The molecule has 1 aromatic rings. The molecule has 1 aliphatic rings. The third-order valence-corrected chi connectivity index (χ3v) is 3.72. The second kappa shape index (κ2) is 5.48. The van der Waals surface area contributed by atoms with Gasteiger partial charge in [0, 0.05) is 0 Å². The fourth-order valence-corrected chi connectivity index (χ4v) is 2.71. The Bertz CT molecular complexity index is 391. The number of hydrogen-bond acceptors (Lipinski definition) is 4. The number of rotatable bonds is 5. The number of nitrogens with two attached hydrogens (primary N) is 1. The second-order valence-corrected chi connectivity index (χ2v) is 5.00. The summed E-state index contributed by atoms with van der Waals surface area (Å²) in [6.45, 7) is 2.90. The zero-order valence-corrected chi connectivity index (χ0v) is 10.8. The molecule has 0 bridgehead atoms. The predicted molar refractivity (Wildman–Crippen MR) is 67.7 cm³/mol. The van der Waals surface area contributed by atoms with Crippen LogP contribution >= 0.6 is 0 Å². The highest BCUT2D eigenvalue weighted by Crippen LogP contribution is 2.34. The molecule has 0 saturated heterocycles. The summed E-state index contributed by atoms with van der Waals surface area (Å²) in [5.74, 6) is -0.249. The summed E-state index contributed by atoms with van der Waals surface area (Å²) < 4.78 is 1.84. The molecule has 2 rings (SSSR count). The van der Waals surface area contributed by atoms with Crippen molar-refractivity contribution in [2.24, 2.45) is 5.73 Å². The van der Waals surface area contributed by atoms with E-state index in [1.165, 1.54) is 6.33 Å². The Labute approximate surface area is 107 Å². The van der Waals surface area contributed by atoms with E-state index in [1.807, 2.05) is 4.68 Å². The highest BCUT2D eigenvalue weighted by atomic mass is 16.1. The molecule has 6 heteroatoms. The van der Waals surface area contributed by atoms with Crippen LogP contribution in [0.3, 0.4) is 0 Å². The summed E-state index contributed by atoms with van der Waals surface area (Å²) in [4.78, 5) is 15.8. The molecule has 0 spiro atoms. The number of carbonyl (C=O) groups excluding carboxylic acids is 1. The maximum atomic E-state index is 11.8. The zero-order chi connectivity index (χ0) is 13.0. The van der Waals surface area contributed by atoms with Crippen molar-refractivity contribution in [3.8, 4) is 0 Å². The van der Waals surface area contributed by atoms with Crippen LogP contribution in [0.2, 0.25) is 0 Å². The van der Waals surface area contributed by atoms with Gasteiger partial charge in [-0.15, -0.1) is 0 Å². The molecule has 2 atom stereocenters. The van der Waals surface area contributed by atoms with Crippen molar-refractivity contribution in [1.82, 2.24) is 20.1 Å². The van der Waals surface area contributed by atoms with Gasteiger partial charge in [0.15, 0.2) is 0 Å². The van der Waals surface area contributed by atoms with Gasteiger partial charge >= 0.3 is 0 Å². The lowest BCUT2D eigenvalue weighted by Crippen LogP contribution is -2.58. The lowest BCUT2D eigenvalue weighted by molar-refractivity contribution is -0.126. The van der Waals surface area contributed by atoms with Crippen molar-refractivity contribution in [3.05, 3.63) is 12.7 Å². The van der Waals surface area contributed by atoms with Crippen molar-refractivity contribution in [2.45, 2.75) is 50.6 Å². The summed E-state index contributed by atoms with van der Waals surface area (Å²) >= 11 is 0. The Morgan fingerprint density at radius 3 is 3.11 bits per heavy atom. The van der Waals surface area contributed by atoms with E-state index in [9.17, 15) is 4.79 Å². The van der Waals surface area contributed by atoms with Crippen LogP contribution in [-0.4, -0.2) is 32.8 Å². The number of nitrogens with zero attached hydrogens (tertiary/aromatic N) is 3. The van der Waals surface area contributed by atoms with Gasteiger partial charge in [-0.2, -0.15) is 5.10 Å². The monoisotopic (exact) mass is 251 g/mol. The van der Waals surface area contributed by atoms with Gasteiger partial charge in [-0.05, 0) is 38.6 Å². The molecule has 3 N–H and O–H groups in total. The second-order valence-electron chi connectivity index (χ2n) is 5.00. The van der Waals surface area contributed by atoms with E-state index in [0.29, 0.717) is 6.42 Å². The van der Waals surface area contributed by atoms with Crippen LogP contribution in [0.4, 0.5) is 0 Å². The highest BCUT2D eigenvalue weighted by Gasteiger charge is 2.41. The molecule has 1 amide bonds. The van der Waals surface area contributed by atoms with Crippen molar-refractivity contribution < 1.29 is 4.79 Å². The minimum atomic E-state index is -0.578. The first-order valence-electron chi connectivity index (χ1n) is 6.57. The number of nitrogens with one attached hydrogen (secondary N) is 1.